The van der Waals surface area contributed by atoms with Crippen LogP contribution in [0.25, 0.3) is 0 Å². The summed E-state index contributed by atoms with van der Waals surface area (Å²) >= 11 is 3.41. The number of rotatable bonds is 5. The smallest absolute Gasteiger partial charge is 0.241 e. The van der Waals surface area contributed by atoms with E-state index < -0.39 is 9.84 Å². The molecule has 2 heterocycles. The zero-order valence-electron chi connectivity index (χ0n) is 16.1. The lowest BCUT2D eigenvalue weighted by atomic mass is 10.0. The number of para-hydroxylation sites is 1. The summed E-state index contributed by atoms with van der Waals surface area (Å²) in [6.07, 6.45) is 0.693. The number of nitrogens with zero attached hydrogens (tertiary/aromatic N) is 2. The first-order valence-corrected chi connectivity index (χ1v) is 12.1. The Labute approximate surface area is 179 Å². The molecular formula is C21H23BrN2O4S. The minimum atomic E-state index is -3.20. The van der Waals surface area contributed by atoms with Crippen molar-refractivity contribution in [2.24, 2.45) is 0 Å². The van der Waals surface area contributed by atoms with Gasteiger partial charge in [-0.05, 0) is 42.3 Å². The second kappa shape index (κ2) is 8.08. The Morgan fingerprint density at radius 3 is 2.48 bits per heavy atom. The lowest BCUT2D eigenvalue weighted by molar-refractivity contribution is -0.123. The van der Waals surface area contributed by atoms with Crippen LogP contribution in [0.4, 0.5) is 5.69 Å². The van der Waals surface area contributed by atoms with Gasteiger partial charge in [-0.1, -0.05) is 34.1 Å². The number of sulfone groups is 1. The first kappa shape index (κ1) is 20.4. The summed E-state index contributed by atoms with van der Waals surface area (Å²) < 4.78 is 31.3. The molecule has 2 fully saturated rings. The summed E-state index contributed by atoms with van der Waals surface area (Å²) in [6.45, 7) is 0.818. The summed E-state index contributed by atoms with van der Waals surface area (Å²) in [7, 11) is -1.56. The van der Waals surface area contributed by atoms with Crippen LogP contribution >= 0.6 is 15.9 Å². The van der Waals surface area contributed by atoms with Crippen LogP contribution < -0.4 is 9.64 Å². The van der Waals surface area contributed by atoms with Gasteiger partial charge in [0.05, 0.1) is 31.2 Å². The van der Waals surface area contributed by atoms with Crippen LogP contribution in [0.2, 0.25) is 0 Å². The van der Waals surface area contributed by atoms with E-state index >= 15 is 0 Å². The maximum Gasteiger partial charge on any atom is 0.241 e. The Bertz CT molecular complexity index is 1010. The fourth-order valence-corrected chi connectivity index (χ4v) is 6.56. The average Bonchev–Trinajstić information content (AvgIpc) is 3.02. The molecule has 0 N–H and O–H groups in total. The number of fused-ring (bicyclic) bond motifs is 1. The van der Waals surface area contributed by atoms with Crippen LogP contribution in [-0.2, 0) is 21.1 Å². The minimum Gasteiger partial charge on any atom is -0.496 e. The number of carbonyl (C=O) groups excluding carboxylic acids is 1. The standard InChI is InChI=1S/C21H23BrN2O4S/c1-28-20-5-3-2-4-15(20)10-11-23-12-21(25)24(17-8-6-16(22)7-9-17)19-14-29(26,27)13-18(19)23/h2-9,18-19H,10-14H2,1H3/t18-,19+/m0/s1. The quantitative estimate of drug-likeness (QED) is 0.660. The maximum atomic E-state index is 13.0. The van der Waals surface area contributed by atoms with E-state index in [4.69, 9.17) is 4.74 Å². The lowest BCUT2D eigenvalue weighted by Gasteiger charge is -2.43. The van der Waals surface area contributed by atoms with Gasteiger partial charge in [0.2, 0.25) is 5.91 Å². The highest BCUT2D eigenvalue weighted by molar-refractivity contribution is 9.10. The van der Waals surface area contributed by atoms with Crippen molar-refractivity contribution in [2.75, 3.05) is 36.6 Å². The Morgan fingerprint density at radius 2 is 1.76 bits per heavy atom. The van der Waals surface area contributed by atoms with Crippen LogP contribution in [0.15, 0.2) is 53.0 Å². The molecule has 2 aromatic rings. The van der Waals surface area contributed by atoms with Crippen LogP contribution in [0.5, 0.6) is 5.75 Å². The van der Waals surface area contributed by atoms with Crippen molar-refractivity contribution >= 4 is 37.4 Å². The summed E-state index contributed by atoms with van der Waals surface area (Å²) in [5, 5.41) is 0. The number of carbonyl (C=O) groups is 1. The van der Waals surface area contributed by atoms with Crippen molar-refractivity contribution < 1.29 is 17.9 Å². The number of amides is 1. The van der Waals surface area contributed by atoms with Crippen LogP contribution in [-0.4, -0.2) is 63.0 Å². The van der Waals surface area contributed by atoms with Gasteiger partial charge in [-0.2, -0.15) is 0 Å². The molecule has 0 aromatic heterocycles. The number of benzene rings is 2. The number of methoxy groups -OCH3 is 1. The van der Waals surface area contributed by atoms with Crippen molar-refractivity contribution in [1.29, 1.82) is 0 Å². The molecule has 0 radical (unpaired) electrons. The third kappa shape index (κ3) is 4.20. The van der Waals surface area contributed by atoms with Gasteiger partial charge in [-0.15, -0.1) is 0 Å². The normalized spacial score (nSPS) is 23.8. The predicted octanol–water partition coefficient (Wildman–Crippen LogP) is 2.51. The van der Waals surface area contributed by atoms with E-state index in [0.29, 0.717) is 13.0 Å². The molecule has 2 atom stereocenters. The van der Waals surface area contributed by atoms with E-state index in [2.05, 4.69) is 15.9 Å². The fraction of sp³-hybridized carbons (Fsp3) is 0.381. The third-order valence-corrected chi connectivity index (χ3v) is 7.89. The number of halogens is 1. The van der Waals surface area contributed by atoms with Crippen molar-refractivity contribution in [3.63, 3.8) is 0 Å². The maximum absolute atomic E-state index is 13.0. The molecule has 29 heavy (non-hydrogen) atoms. The summed E-state index contributed by atoms with van der Waals surface area (Å²) in [5.41, 5.74) is 1.80. The Kier molecular flexibility index (Phi) is 5.68. The molecule has 0 bridgehead atoms. The second-order valence-electron chi connectivity index (χ2n) is 7.48. The summed E-state index contributed by atoms with van der Waals surface area (Å²) in [5.74, 6) is 0.836. The van der Waals surface area contributed by atoms with Gasteiger partial charge in [0, 0.05) is 22.7 Å². The number of anilines is 1. The molecular weight excluding hydrogens is 456 g/mol. The first-order valence-electron chi connectivity index (χ1n) is 9.52. The monoisotopic (exact) mass is 478 g/mol. The highest BCUT2D eigenvalue weighted by Gasteiger charge is 2.49. The van der Waals surface area contributed by atoms with Gasteiger partial charge in [0.15, 0.2) is 9.84 Å². The van der Waals surface area contributed by atoms with Crippen molar-refractivity contribution in [3.05, 3.63) is 58.6 Å². The van der Waals surface area contributed by atoms with Gasteiger partial charge >= 0.3 is 0 Å². The number of ether oxygens (including phenoxy) is 1. The number of hydrogen-bond acceptors (Lipinski definition) is 5. The van der Waals surface area contributed by atoms with Gasteiger partial charge in [0.1, 0.15) is 5.75 Å². The molecule has 0 spiro atoms. The molecule has 1 amide bonds. The fourth-order valence-electron chi connectivity index (χ4n) is 4.31. The molecule has 2 aliphatic heterocycles. The number of piperazine rings is 1. The van der Waals surface area contributed by atoms with Crippen molar-refractivity contribution in [2.45, 2.75) is 18.5 Å². The van der Waals surface area contributed by atoms with Crippen LogP contribution in [0.1, 0.15) is 5.56 Å². The van der Waals surface area contributed by atoms with Crippen LogP contribution in [0.3, 0.4) is 0 Å². The van der Waals surface area contributed by atoms with Gasteiger partial charge < -0.3 is 9.64 Å². The molecule has 0 saturated carbocycles. The molecule has 2 aromatic carbocycles. The summed E-state index contributed by atoms with van der Waals surface area (Å²) in [4.78, 5) is 16.7. The van der Waals surface area contributed by atoms with E-state index in [1.807, 2.05) is 53.4 Å². The van der Waals surface area contributed by atoms with E-state index in [1.165, 1.54) is 0 Å². The van der Waals surface area contributed by atoms with Gasteiger partial charge in [0.25, 0.3) is 0 Å². The van der Waals surface area contributed by atoms with Crippen molar-refractivity contribution in [3.8, 4) is 5.75 Å². The molecule has 0 unspecified atom stereocenters. The second-order valence-corrected chi connectivity index (χ2v) is 10.6. The molecule has 0 aliphatic carbocycles. The molecule has 4 rings (SSSR count). The van der Waals surface area contributed by atoms with E-state index in [0.717, 1.165) is 21.5 Å². The van der Waals surface area contributed by atoms with E-state index in [9.17, 15) is 13.2 Å². The first-order chi connectivity index (χ1) is 13.9. The van der Waals surface area contributed by atoms with E-state index in [1.54, 1.807) is 12.0 Å². The van der Waals surface area contributed by atoms with Crippen molar-refractivity contribution in [1.82, 2.24) is 4.90 Å². The Balaban J connectivity index is 1.58. The van der Waals surface area contributed by atoms with E-state index in [-0.39, 0.29) is 36.0 Å². The highest BCUT2D eigenvalue weighted by atomic mass is 79.9. The highest BCUT2D eigenvalue weighted by Crippen LogP contribution is 2.32. The minimum absolute atomic E-state index is 0.00459. The van der Waals surface area contributed by atoms with Crippen LogP contribution in [0, 0.1) is 0 Å². The molecule has 154 valence electrons. The van der Waals surface area contributed by atoms with Gasteiger partial charge in [-0.3, -0.25) is 9.69 Å². The third-order valence-electron chi connectivity index (χ3n) is 5.67. The Morgan fingerprint density at radius 1 is 1.07 bits per heavy atom. The Hall–Kier alpha value is -1.90. The average molecular weight is 479 g/mol. The van der Waals surface area contributed by atoms with Gasteiger partial charge in [-0.25, -0.2) is 8.42 Å². The molecule has 6 nitrogen and oxygen atoms in total. The molecule has 2 aliphatic rings. The SMILES string of the molecule is COc1ccccc1CCN1CC(=O)N(c2ccc(Br)cc2)[C@@H]2CS(=O)(=O)C[C@@H]21. The zero-order valence-corrected chi connectivity index (χ0v) is 18.5. The topological polar surface area (TPSA) is 66.9 Å². The predicted molar refractivity (Wildman–Crippen MR) is 116 cm³/mol. The largest absolute Gasteiger partial charge is 0.496 e. The zero-order chi connectivity index (χ0) is 20.6. The molecule has 2 saturated heterocycles. The summed E-state index contributed by atoms with van der Waals surface area (Å²) in [6, 6.07) is 14.7. The number of hydrogen-bond donors (Lipinski definition) is 0. The lowest BCUT2D eigenvalue weighted by Crippen LogP contribution is -2.62. The molecule has 8 heteroatoms.